The van der Waals surface area contributed by atoms with Crippen LogP contribution in [0.3, 0.4) is 0 Å². The second kappa shape index (κ2) is 4.65. The van der Waals surface area contributed by atoms with E-state index >= 15 is 0 Å². The number of hydrogen-bond donors (Lipinski definition) is 1. The zero-order valence-corrected chi connectivity index (χ0v) is 9.65. The summed E-state index contributed by atoms with van der Waals surface area (Å²) in [4.78, 5) is 0. The molecule has 0 heterocycles. The molecule has 2 fully saturated rings. The lowest BCUT2D eigenvalue weighted by Crippen LogP contribution is -2.40. The van der Waals surface area contributed by atoms with Gasteiger partial charge in [0.25, 0.3) is 0 Å². The minimum atomic E-state index is 0.763. The first-order valence-corrected chi connectivity index (χ1v) is 6.52. The van der Waals surface area contributed by atoms with Crippen LogP contribution in [0.15, 0.2) is 0 Å². The predicted molar refractivity (Wildman–Crippen MR) is 61.4 cm³/mol. The average Bonchev–Trinajstić information content (AvgIpc) is 2.23. The SMILES string of the molecule is CNCC1CCCCC12CCCCC2. The number of nitrogens with one attached hydrogen (secondary N) is 1. The Morgan fingerprint density at radius 2 is 1.64 bits per heavy atom. The lowest BCUT2D eigenvalue weighted by molar-refractivity contribution is 0.0491. The number of rotatable bonds is 2. The maximum Gasteiger partial charge on any atom is -0.00182 e. The van der Waals surface area contributed by atoms with Crippen LogP contribution in [-0.4, -0.2) is 13.6 Å². The zero-order valence-electron chi connectivity index (χ0n) is 9.65. The molecular formula is C13H25N. The monoisotopic (exact) mass is 195 g/mol. The highest BCUT2D eigenvalue weighted by Gasteiger charge is 2.40. The Morgan fingerprint density at radius 1 is 1.00 bits per heavy atom. The fourth-order valence-corrected chi connectivity index (χ4v) is 3.86. The average molecular weight is 195 g/mol. The summed E-state index contributed by atoms with van der Waals surface area (Å²) in [5.41, 5.74) is 0.763. The van der Waals surface area contributed by atoms with Gasteiger partial charge >= 0.3 is 0 Å². The molecule has 82 valence electrons. The third-order valence-electron chi connectivity index (χ3n) is 4.64. The molecule has 1 nitrogen and oxygen atoms in total. The van der Waals surface area contributed by atoms with Crippen molar-refractivity contribution in [3.05, 3.63) is 0 Å². The quantitative estimate of drug-likeness (QED) is 0.712. The summed E-state index contributed by atoms with van der Waals surface area (Å²) in [5.74, 6) is 0.988. The van der Waals surface area contributed by atoms with Crippen LogP contribution in [0.4, 0.5) is 0 Å². The van der Waals surface area contributed by atoms with Crippen LogP contribution in [0.2, 0.25) is 0 Å². The second-order valence-corrected chi connectivity index (χ2v) is 5.42. The van der Waals surface area contributed by atoms with Gasteiger partial charge in [0.2, 0.25) is 0 Å². The van der Waals surface area contributed by atoms with Crippen LogP contribution >= 0.6 is 0 Å². The summed E-state index contributed by atoms with van der Waals surface area (Å²) >= 11 is 0. The van der Waals surface area contributed by atoms with Gasteiger partial charge in [0.15, 0.2) is 0 Å². The lowest BCUT2D eigenvalue weighted by Gasteiger charge is -2.47. The van der Waals surface area contributed by atoms with Crippen molar-refractivity contribution in [2.75, 3.05) is 13.6 Å². The zero-order chi connectivity index (χ0) is 9.86. The third-order valence-corrected chi connectivity index (χ3v) is 4.64. The highest BCUT2D eigenvalue weighted by molar-refractivity contribution is 4.92. The standard InChI is InChI=1S/C13H25N/c1-14-11-12-7-3-6-10-13(12)8-4-2-5-9-13/h12,14H,2-11H2,1H3. The Bertz CT molecular complexity index is 160. The normalized spacial score (nSPS) is 31.9. The molecule has 0 saturated heterocycles. The van der Waals surface area contributed by atoms with Crippen LogP contribution in [0.5, 0.6) is 0 Å². The highest BCUT2D eigenvalue weighted by atomic mass is 14.8. The van der Waals surface area contributed by atoms with Gasteiger partial charge in [0.1, 0.15) is 0 Å². The van der Waals surface area contributed by atoms with Gasteiger partial charge in [-0.1, -0.05) is 32.1 Å². The maximum atomic E-state index is 3.41. The van der Waals surface area contributed by atoms with Crippen molar-refractivity contribution in [1.82, 2.24) is 5.32 Å². The predicted octanol–water partition coefficient (Wildman–Crippen LogP) is 3.35. The molecule has 1 N–H and O–H groups in total. The van der Waals surface area contributed by atoms with Crippen molar-refractivity contribution in [1.29, 1.82) is 0 Å². The molecule has 2 rings (SSSR count). The maximum absolute atomic E-state index is 3.41. The molecule has 1 unspecified atom stereocenters. The van der Waals surface area contributed by atoms with Crippen molar-refractivity contribution in [3.63, 3.8) is 0 Å². The van der Waals surface area contributed by atoms with E-state index in [0.29, 0.717) is 0 Å². The van der Waals surface area contributed by atoms with Crippen LogP contribution in [0.1, 0.15) is 57.8 Å². The Labute approximate surface area is 88.7 Å². The summed E-state index contributed by atoms with van der Waals surface area (Å²) in [6.07, 6.45) is 13.5. The van der Waals surface area contributed by atoms with Crippen molar-refractivity contribution in [2.45, 2.75) is 57.8 Å². The minimum Gasteiger partial charge on any atom is -0.319 e. The van der Waals surface area contributed by atoms with E-state index in [1.54, 1.807) is 0 Å². The van der Waals surface area contributed by atoms with Crippen molar-refractivity contribution in [3.8, 4) is 0 Å². The highest BCUT2D eigenvalue weighted by Crippen LogP contribution is 2.50. The first-order valence-electron chi connectivity index (χ1n) is 6.52. The van der Waals surface area contributed by atoms with Crippen LogP contribution in [0, 0.1) is 11.3 Å². The summed E-state index contributed by atoms with van der Waals surface area (Å²) < 4.78 is 0. The fourth-order valence-electron chi connectivity index (χ4n) is 3.86. The molecular weight excluding hydrogens is 170 g/mol. The van der Waals surface area contributed by atoms with Gasteiger partial charge in [-0.3, -0.25) is 0 Å². The molecule has 2 aliphatic carbocycles. The van der Waals surface area contributed by atoms with Gasteiger partial charge in [0.05, 0.1) is 0 Å². The van der Waals surface area contributed by atoms with Crippen molar-refractivity contribution in [2.24, 2.45) is 11.3 Å². The first-order chi connectivity index (χ1) is 6.87. The van der Waals surface area contributed by atoms with Crippen molar-refractivity contribution < 1.29 is 0 Å². The van der Waals surface area contributed by atoms with E-state index in [1.165, 1.54) is 64.3 Å². The van der Waals surface area contributed by atoms with Gasteiger partial charge in [-0.15, -0.1) is 0 Å². The Kier molecular flexibility index (Phi) is 3.48. The van der Waals surface area contributed by atoms with Crippen LogP contribution < -0.4 is 5.32 Å². The molecule has 0 aromatic heterocycles. The topological polar surface area (TPSA) is 12.0 Å². The molecule has 0 aliphatic heterocycles. The van der Waals surface area contributed by atoms with Gasteiger partial charge in [-0.05, 0) is 50.6 Å². The van der Waals surface area contributed by atoms with E-state index < -0.39 is 0 Å². The second-order valence-electron chi connectivity index (χ2n) is 5.42. The minimum absolute atomic E-state index is 0.763. The van der Waals surface area contributed by atoms with E-state index in [9.17, 15) is 0 Å². The van der Waals surface area contributed by atoms with Gasteiger partial charge in [0, 0.05) is 0 Å². The molecule has 0 bridgehead atoms. The molecule has 2 saturated carbocycles. The molecule has 14 heavy (non-hydrogen) atoms. The number of hydrogen-bond acceptors (Lipinski definition) is 1. The summed E-state index contributed by atoms with van der Waals surface area (Å²) in [6.45, 7) is 1.26. The molecule has 2 aliphatic rings. The van der Waals surface area contributed by atoms with E-state index in [2.05, 4.69) is 12.4 Å². The van der Waals surface area contributed by atoms with E-state index in [-0.39, 0.29) is 0 Å². The summed E-state index contributed by atoms with van der Waals surface area (Å²) in [5, 5.41) is 3.41. The Morgan fingerprint density at radius 3 is 2.29 bits per heavy atom. The first kappa shape index (κ1) is 10.5. The fraction of sp³-hybridized carbons (Fsp3) is 1.00. The molecule has 0 amide bonds. The Hall–Kier alpha value is -0.0400. The smallest absolute Gasteiger partial charge is 0.00182 e. The van der Waals surface area contributed by atoms with Gasteiger partial charge in [-0.2, -0.15) is 0 Å². The van der Waals surface area contributed by atoms with E-state index in [1.807, 2.05) is 0 Å². The van der Waals surface area contributed by atoms with Crippen LogP contribution in [-0.2, 0) is 0 Å². The molecule has 1 spiro atoms. The van der Waals surface area contributed by atoms with E-state index in [0.717, 1.165) is 11.3 Å². The van der Waals surface area contributed by atoms with Crippen molar-refractivity contribution >= 4 is 0 Å². The van der Waals surface area contributed by atoms with E-state index in [4.69, 9.17) is 0 Å². The summed E-state index contributed by atoms with van der Waals surface area (Å²) in [7, 11) is 2.12. The lowest BCUT2D eigenvalue weighted by atomic mass is 9.59. The molecule has 0 aromatic carbocycles. The van der Waals surface area contributed by atoms with Crippen LogP contribution in [0.25, 0.3) is 0 Å². The molecule has 0 aromatic rings. The van der Waals surface area contributed by atoms with Gasteiger partial charge in [-0.25, -0.2) is 0 Å². The molecule has 1 atom stereocenters. The van der Waals surface area contributed by atoms with Gasteiger partial charge < -0.3 is 5.32 Å². The molecule has 0 radical (unpaired) electrons. The largest absolute Gasteiger partial charge is 0.319 e. The third kappa shape index (κ3) is 1.98. The summed E-state index contributed by atoms with van der Waals surface area (Å²) in [6, 6.07) is 0. The molecule has 1 heteroatoms. The Balaban J connectivity index is 2.02.